The third-order valence-corrected chi connectivity index (χ3v) is 5.00. The lowest BCUT2D eigenvalue weighted by molar-refractivity contribution is 0.248. The maximum atomic E-state index is 6.36. The van der Waals surface area contributed by atoms with E-state index in [0.717, 1.165) is 54.9 Å². The van der Waals surface area contributed by atoms with E-state index in [2.05, 4.69) is 27.0 Å². The summed E-state index contributed by atoms with van der Waals surface area (Å²) in [5, 5.41) is 5.15. The van der Waals surface area contributed by atoms with Gasteiger partial charge in [-0.15, -0.1) is 0 Å². The molecule has 0 saturated carbocycles. The molecular weight excluding hydrogens is 324 g/mol. The van der Waals surface area contributed by atoms with Crippen LogP contribution in [0.15, 0.2) is 24.3 Å². The van der Waals surface area contributed by atoms with E-state index in [1.54, 1.807) is 4.68 Å². The van der Waals surface area contributed by atoms with Gasteiger partial charge in [0.2, 0.25) is 0 Å². The Bertz CT molecular complexity index is 692. The van der Waals surface area contributed by atoms with Gasteiger partial charge in [-0.1, -0.05) is 23.7 Å². The van der Waals surface area contributed by atoms with Crippen LogP contribution < -0.4 is 9.64 Å². The molecule has 6 heteroatoms. The number of para-hydroxylation sites is 2. The zero-order chi connectivity index (χ0) is 17.1. The van der Waals surface area contributed by atoms with Gasteiger partial charge in [-0.3, -0.25) is 9.58 Å². The van der Waals surface area contributed by atoms with Gasteiger partial charge < -0.3 is 9.64 Å². The molecule has 130 valence electrons. The number of ether oxygens (including phenoxy) is 1. The lowest BCUT2D eigenvalue weighted by atomic mass is 10.2. The summed E-state index contributed by atoms with van der Waals surface area (Å²) in [5.41, 5.74) is 3.35. The quantitative estimate of drug-likeness (QED) is 0.831. The van der Waals surface area contributed by atoms with Gasteiger partial charge in [0.25, 0.3) is 0 Å². The molecule has 0 atom stereocenters. The summed E-state index contributed by atoms with van der Waals surface area (Å²) in [5.74, 6) is 0.972. The summed E-state index contributed by atoms with van der Waals surface area (Å²) < 4.78 is 7.51. The van der Waals surface area contributed by atoms with Gasteiger partial charge in [0.05, 0.1) is 18.0 Å². The van der Waals surface area contributed by atoms with Crippen LogP contribution in [-0.2, 0) is 13.6 Å². The number of benzene rings is 1. The molecule has 0 spiro atoms. The second kappa shape index (κ2) is 7.45. The molecular formula is C18H25ClN4O. The number of piperazine rings is 1. The molecule has 2 heterocycles. The SMILES string of the molecule is CCOc1ccccc1N1CCN(Cc2c(C)nn(C)c2Cl)CC1. The van der Waals surface area contributed by atoms with Gasteiger partial charge in [-0.05, 0) is 26.0 Å². The normalized spacial score (nSPS) is 15.8. The monoisotopic (exact) mass is 348 g/mol. The minimum Gasteiger partial charge on any atom is -0.492 e. The van der Waals surface area contributed by atoms with Crippen molar-refractivity contribution in [1.82, 2.24) is 14.7 Å². The Morgan fingerprint density at radius 2 is 1.88 bits per heavy atom. The fourth-order valence-corrected chi connectivity index (χ4v) is 3.45. The van der Waals surface area contributed by atoms with Gasteiger partial charge in [0, 0.05) is 45.3 Å². The Hall–Kier alpha value is -1.72. The topological polar surface area (TPSA) is 33.5 Å². The van der Waals surface area contributed by atoms with Crippen molar-refractivity contribution in [3.8, 4) is 5.75 Å². The van der Waals surface area contributed by atoms with E-state index in [9.17, 15) is 0 Å². The van der Waals surface area contributed by atoms with Crippen LogP contribution in [-0.4, -0.2) is 47.5 Å². The summed E-state index contributed by atoms with van der Waals surface area (Å²) >= 11 is 6.36. The van der Waals surface area contributed by atoms with Gasteiger partial charge in [-0.25, -0.2) is 0 Å². The van der Waals surface area contributed by atoms with E-state index in [1.165, 1.54) is 5.69 Å². The Morgan fingerprint density at radius 1 is 1.17 bits per heavy atom. The molecule has 1 aromatic carbocycles. The molecule has 1 aromatic heterocycles. The van der Waals surface area contributed by atoms with Crippen LogP contribution in [0, 0.1) is 6.92 Å². The van der Waals surface area contributed by atoms with Crippen molar-refractivity contribution in [2.75, 3.05) is 37.7 Å². The highest BCUT2D eigenvalue weighted by Crippen LogP contribution is 2.29. The molecule has 3 rings (SSSR count). The maximum Gasteiger partial charge on any atom is 0.142 e. The average molecular weight is 349 g/mol. The number of anilines is 1. The van der Waals surface area contributed by atoms with Gasteiger partial charge in [0.15, 0.2) is 0 Å². The molecule has 1 aliphatic rings. The van der Waals surface area contributed by atoms with E-state index in [0.29, 0.717) is 6.61 Å². The average Bonchev–Trinajstić information content (AvgIpc) is 2.83. The molecule has 0 bridgehead atoms. The van der Waals surface area contributed by atoms with Crippen LogP contribution in [0.5, 0.6) is 5.75 Å². The van der Waals surface area contributed by atoms with Crippen molar-refractivity contribution < 1.29 is 4.74 Å². The Morgan fingerprint density at radius 3 is 2.50 bits per heavy atom. The van der Waals surface area contributed by atoms with Crippen LogP contribution in [0.2, 0.25) is 5.15 Å². The Kier molecular flexibility index (Phi) is 5.31. The van der Waals surface area contributed by atoms with Crippen LogP contribution >= 0.6 is 11.6 Å². The number of aromatic nitrogens is 2. The fraction of sp³-hybridized carbons (Fsp3) is 0.500. The van der Waals surface area contributed by atoms with Crippen molar-refractivity contribution in [1.29, 1.82) is 0 Å². The molecule has 0 unspecified atom stereocenters. The van der Waals surface area contributed by atoms with Crippen LogP contribution in [0.4, 0.5) is 5.69 Å². The number of halogens is 1. The first-order chi connectivity index (χ1) is 11.6. The predicted octanol–water partition coefficient (Wildman–Crippen LogP) is 3.10. The number of aryl methyl sites for hydroxylation is 2. The molecule has 5 nitrogen and oxygen atoms in total. The highest BCUT2D eigenvalue weighted by molar-refractivity contribution is 6.30. The summed E-state index contributed by atoms with van der Waals surface area (Å²) in [6.45, 7) is 9.58. The van der Waals surface area contributed by atoms with E-state index >= 15 is 0 Å². The molecule has 24 heavy (non-hydrogen) atoms. The fourth-order valence-electron chi connectivity index (χ4n) is 3.22. The largest absolute Gasteiger partial charge is 0.492 e. The van der Waals surface area contributed by atoms with Crippen molar-refractivity contribution in [2.24, 2.45) is 7.05 Å². The second-order valence-electron chi connectivity index (χ2n) is 6.14. The van der Waals surface area contributed by atoms with Crippen molar-refractivity contribution in [3.63, 3.8) is 0 Å². The zero-order valence-electron chi connectivity index (χ0n) is 14.6. The molecule has 0 aliphatic carbocycles. The standard InChI is InChI=1S/C18H25ClN4O/c1-4-24-17-8-6-5-7-16(17)23-11-9-22(10-12-23)13-15-14(2)20-21(3)18(15)19/h5-8H,4,9-13H2,1-3H3. The second-order valence-corrected chi connectivity index (χ2v) is 6.50. The van der Waals surface area contributed by atoms with Gasteiger partial charge in [-0.2, -0.15) is 5.10 Å². The number of hydrogen-bond acceptors (Lipinski definition) is 4. The highest BCUT2D eigenvalue weighted by atomic mass is 35.5. The molecule has 1 aliphatic heterocycles. The van der Waals surface area contributed by atoms with Crippen LogP contribution in [0.3, 0.4) is 0 Å². The Balaban J connectivity index is 1.64. The molecule has 1 fully saturated rings. The first kappa shape index (κ1) is 17.1. The van der Waals surface area contributed by atoms with Crippen LogP contribution in [0.25, 0.3) is 0 Å². The third kappa shape index (κ3) is 3.52. The van der Waals surface area contributed by atoms with Gasteiger partial charge in [0.1, 0.15) is 10.9 Å². The summed E-state index contributed by atoms with van der Waals surface area (Å²) in [7, 11) is 1.89. The molecule has 0 N–H and O–H groups in total. The minimum atomic E-state index is 0.690. The van der Waals surface area contributed by atoms with Crippen molar-refractivity contribution >= 4 is 17.3 Å². The highest BCUT2D eigenvalue weighted by Gasteiger charge is 2.22. The molecule has 1 saturated heterocycles. The first-order valence-electron chi connectivity index (χ1n) is 8.47. The zero-order valence-corrected chi connectivity index (χ0v) is 15.4. The lowest BCUT2D eigenvalue weighted by Gasteiger charge is -2.36. The molecule has 0 radical (unpaired) electrons. The lowest BCUT2D eigenvalue weighted by Crippen LogP contribution is -2.46. The maximum absolute atomic E-state index is 6.36. The van der Waals surface area contributed by atoms with E-state index in [4.69, 9.17) is 16.3 Å². The van der Waals surface area contributed by atoms with Crippen molar-refractivity contribution in [2.45, 2.75) is 20.4 Å². The molecule has 0 amide bonds. The Labute approximate surface area is 148 Å². The predicted molar refractivity (Wildman–Crippen MR) is 98.1 cm³/mol. The minimum absolute atomic E-state index is 0.690. The number of rotatable bonds is 5. The first-order valence-corrected chi connectivity index (χ1v) is 8.85. The third-order valence-electron chi connectivity index (χ3n) is 4.53. The summed E-state index contributed by atoms with van der Waals surface area (Å²) in [4.78, 5) is 4.84. The van der Waals surface area contributed by atoms with E-state index in [-0.39, 0.29) is 0 Å². The summed E-state index contributed by atoms with van der Waals surface area (Å²) in [6.07, 6.45) is 0. The number of hydrogen-bond donors (Lipinski definition) is 0. The number of nitrogens with zero attached hydrogens (tertiary/aromatic N) is 4. The van der Waals surface area contributed by atoms with Gasteiger partial charge >= 0.3 is 0 Å². The summed E-state index contributed by atoms with van der Waals surface area (Å²) in [6, 6.07) is 8.29. The van der Waals surface area contributed by atoms with Crippen molar-refractivity contribution in [3.05, 3.63) is 40.7 Å². The molecule has 2 aromatic rings. The van der Waals surface area contributed by atoms with E-state index < -0.39 is 0 Å². The smallest absolute Gasteiger partial charge is 0.142 e. The van der Waals surface area contributed by atoms with Crippen LogP contribution in [0.1, 0.15) is 18.2 Å². The van der Waals surface area contributed by atoms with E-state index in [1.807, 2.05) is 33.0 Å².